The number of aryl methyl sites for hydroxylation is 2. The maximum absolute atomic E-state index is 11.7. The molecule has 1 aromatic carbocycles. The zero-order valence-corrected chi connectivity index (χ0v) is 14.7. The zero-order chi connectivity index (χ0) is 15.1. The summed E-state index contributed by atoms with van der Waals surface area (Å²) in [4.78, 5) is 12.8. The molecule has 0 amide bonds. The molecule has 0 saturated heterocycles. The van der Waals surface area contributed by atoms with Gasteiger partial charge in [0.05, 0.1) is 15.4 Å². The van der Waals surface area contributed by atoms with Crippen molar-refractivity contribution in [1.29, 1.82) is 0 Å². The molecule has 0 N–H and O–H groups in total. The van der Waals surface area contributed by atoms with Crippen LogP contribution in [0.3, 0.4) is 0 Å². The molecule has 0 fully saturated rings. The summed E-state index contributed by atoms with van der Waals surface area (Å²) in [6, 6.07) is 5.81. The fraction of sp³-hybridized carbons (Fsp3) is 0.267. The fourth-order valence-corrected chi connectivity index (χ4v) is 4.58. The molecule has 2 aromatic heterocycles. The Morgan fingerprint density at radius 3 is 2.86 bits per heavy atom. The summed E-state index contributed by atoms with van der Waals surface area (Å²) in [6.45, 7) is 4.51. The normalized spacial score (nSPS) is 13.0. The van der Waals surface area contributed by atoms with Crippen LogP contribution in [0.2, 0.25) is 5.02 Å². The van der Waals surface area contributed by atoms with Crippen LogP contribution in [0.5, 0.6) is 0 Å². The number of oxazole rings is 1. The lowest BCUT2D eigenvalue weighted by Gasteiger charge is -2.09. The van der Waals surface area contributed by atoms with Crippen LogP contribution in [0.25, 0.3) is 11.1 Å². The summed E-state index contributed by atoms with van der Waals surface area (Å²) in [5, 5.41) is 2.83. The number of thiophene rings is 1. The van der Waals surface area contributed by atoms with E-state index in [1.807, 2.05) is 37.4 Å². The van der Waals surface area contributed by atoms with E-state index in [9.17, 15) is 4.79 Å². The molecule has 0 bridgehead atoms. The Hall–Kier alpha value is -1.04. The first kappa shape index (κ1) is 14.9. The number of benzene rings is 1. The lowest BCUT2D eigenvalue weighted by Crippen LogP contribution is -2.11. The summed E-state index contributed by atoms with van der Waals surface area (Å²) >= 11 is 11.6. The van der Waals surface area contributed by atoms with Crippen LogP contribution in [0.15, 0.2) is 32.8 Å². The Bertz CT molecular complexity index is 864. The molecule has 2 heterocycles. The molecule has 0 spiro atoms. The van der Waals surface area contributed by atoms with E-state index in [4.69, 9.17) is 16.0 Å². The molecule has 1 unspecified atom stereocenters. The SMILES string of the molecule is CCn1c(=O)oc2cc(C(Br)c3scc(C)c3Cl)ccc21. The lowest BCUT2D eigenvalue weighted by atomic mass is 10.1. The fourth-order valence-electron chi connectivity index (χ4n) is 2.31. The molecule has 6 heteroatoms. The molecule has 110 valence electrons. The van der Waals surface area contributed by atoms with Gasteiger partial charge in [-0.15, -0.1) is 11.3 Å². The Labute approximate surface area is 139 Å². The van der Waals surface area contributed by atoms with Crippen molar-refractivity contribution in [1.82, 2.24) is 4.57 Å². The smallest absolute Gasteiger partial charge is 0.408 e. The van der Waals surface area contributed by atoms with Gasteiger partial charge in [0, 0.05) is 11.4 Å². The predicted molar refractivity (Wildman–Crippen MR) is 91.0 cm³/mol. The van der Waals surface area contributed by atoms with Gasteiger partial charge in [-0.3, -0.25) is 4.57 Å². The van der Waals surface area contributed by atoms with Gasteiger partial charge in [0.25, 0.3) is 0 Å². The Morgan fingerprint density at radius 2 is 2.24 bits per heavy atom. The third-order valence-electron chi connectivity index (χ3n) is 3.46. The Balaban J connectivity index is 2.09. The van der Waals surface area contributed by atoms with Crippen LogP contribution in [0, 0.1) is 6.92 Å². The molecular formula is C15H13BrClNO2S. The highest BCUT2D eigenvalue weighted by atomic mass is 79.9. The number of halogens is 2. The summed E-state index contributed by atoms with van der Waals surface area (Å²) in [5.74, 6) is -0.319. The van der Waals surface area contributed by atoms with Gasteiger partial charge < -0.3 is 4.42 Å². The van der Waals surface area contributed by atoms with Gasteiger partial charge in [-0.05, 0) is 42.5 Å². The topological polar surface area (TPSA) is 35.1 Å². The number of aromatic nitrogens is 1. The van der Waals surface area contributed by atoms with Gasteiger partial charge in [0.2, 0.25) is 0 Å². The highest BCUT2D eigenvalue weighted by molar-refractivity contribution is 9.09. The molecule has 0 aliphatic heterocycles. The summed E-state index contributed by atoms with van der Waals surface area (Å²) in [6.07, 6.45) is 0. The van der Waals surface area contributed by atoms with Crippen LogP contribution in [-0.2, 0) is 6.54 Å². The Kier molecular flexibility index (Phi) is 3.99. The van der Waals surface area contributed by atoms with E-state index in [-0.39, 0.29) is 10.6 Å². The van der Waals surface area contributed by atoms with Crippen LogP contribution in [-0.4, -0.2) is 4.57 Å². The third kappa shape index (κ3) is 2.47. The molecule has 0 aliphatic rings. The maximum Gasteiger partial charge on any atom is 0.419 e. The summed E-state index contributed by atoms with van der Waals surface area (Å²) < 4.78 is 6.92. The van der Waals surface area contributed by atoms with Gasteiger partial charge in [0.1, 0.15) is 0 Å². The first-order valence-corrected chi connectivity index (χ1v) is 8.71. The van der Waals surface area contributed by atoms with Crippen LogP contribution in [0.1, 0.15) is 27.8 Å². The first-order valence-electron chi connectivity index (χ1n) is 6.53. The number of rotatable bonds is 3. The van der Waals surface area contributed by atoms with Gasteiger partial charge in [-0.1, -0.05) is 33.6 Å². The van der Waals surface area contributed by atoms with E-state index in [1.165, 1.54) is 0 Å². The van der Waals surface area contributed by atoms with E-state index in [1.54, 1.807) is 15.9 Å². The molecular weight excluding hydrogens is 374 g/mol. The number of fused-ring (bicyclic) bond motifs is 1. The van der Waals surface area contributed by atoms with E-state index in [0.29, 0.717) is 12.1 Å². The number of alkyl halides is 1. The minimum absolute atomic E-state index is 0.0108. The number of hydrogen-bond acceptors (Lipinski definition) is 3. The van der Waals surface area contributed by atoms with Crippen LogP contribution >= 0.6 is 38.9 Å². The molecule has 0 aliphatic carbocycles. The predicted octanol–water partition coefficient (Wildman–Crippen LogP) is 5.12. The van der Waals surface area contributed by atoms with Crippen molar-refractivity contribution in [3.63, 3.8) is 0 Å². The average Bonchev–Trinajstić information content (AvgIpc) is 2.97. The minimum Gasteiger partial charge on any atom is -0.408 e. The second-order valence-electron chi connectivity index (χ2n) is 4.80. The van der Waals surface area contributed by atoms with Gasteiger partial charge in [-0.2, -0.15) is 0 Å². The van der Waals surface area contributed by atoms with Crippen molar-refractivity contribution in [3.8, 4) is 0 Å². The van der Waals surface area contributed by atoms with Crippen molar-refractivity contribution in [2.75, 3.05) is 0 Å². The number of hydrogen-bond donors (Lipinski definition) is 0. The largest absolute Gasteiger partial charge is 0.419 e. The molecule has 3 rings (SSSR count). The molecule has 1 atom stereocenters. The van der Waals surface area contributed by atoms with E-state index in [2.05, 4.69) is 15.9 Å². The molecule has 0 saturated carbocycles. The van der Waals surface area contributed by atoms with Crippen molar-refractivity contribution in [2.45, 2.75) is 25.2 Å². The standard InChI is InChI=1S/C15H13BrClNO2S/c1-3-18-10-5-4-9(6-11(10)20-15(18)19)12(16)14-13(17)8(2)7-21-14/h4-7,12H,3H2,1-2H3. The average molecular weight is 387 g/mol. The summed E-state index contributed by atoms with van der Waals surface area (Å²) in [5.41, 5.74) is 3.52. The van der Waals surface area contributed by atoms with Gasteiger partial charge in [-0.25, -0.2) is 4.79 Å². The second kappa shape index (κ2) is 5.63. The highest BCUT2D eigenvalue weighted by Gasteiger charge is 2.19. The Morgan fingerprint density at radius 1 is 1.48 bits per heavy atom. The first-order chi connectivity index (χ1) is 10.0. The molecule has 3 nitrogen and oxygen atoms in total. The van der Waals surface area contributed by atoms with Crippen molar-refractivity contribution < 1.29 is 4.42 Å². The quantitative estimate of drug-likeness (QED) is 0.585. The van der Waals surface area contributed by atoms with Gasteiger partial charge in [0.15, 0.2) is 5.58 Å². The van der Waals surface area contributed by atoms with E-state index < -0.39 is 0 Å². The second-order valence-corrected chi connectivity index (χ2v) is 7.00. The molecule has 3 aromatic rings. The monoisotopic (exact) mass is 385 g/mol. The minimum atomic E-state index is -0.319. The van der Waals surface area contributed by atoms with Crippen molar-refractivity contribution in [2.24, 2.45) is 0 Å². The molecule has 21 heavy (non-hydrogen) atoms. The maximum atomic E-state index is 11.7. The van der Waals surface area contributed by atoms with Gasteiger partial charge >= 0.3 is 5.76 Å². The van der Waals surface area contributed by atoms with E-state index >= 15 is 0 Å². The van der Waals surface area contributed by atoms with Crippen molar-refractivity contribution in [3.05, 3.63) is 55.2 Å². The van der Waals surface area contributed by atoms with Crippen LogP contribution < -0.4 is 5.76 Å². The third-order valence-corrected chi connectivity index (χ3v) is 6.53. The lowest BCUT2D eigenvalue weighted by molar-refractivity contribution is 0.513. The summed E-state index contributed by atoms with van der Waals surface area (Å²) in [7, 11) is 0. The van der Waals surface area contributed by atoms with Crippen molar-refractivity contribution >= 4 is 50.0 Å². The van der Waals surface area contributed by atoms with E-state index in [0.717, 1.165) is 26.5 Å². The highest BCUT2D eigenvalue weighted by Crippen LogP contribution is 2.41. The number of nitrogens with zero attached hydrogens (tertiary/aromatic N) is 1. The van der Waals surface area contributed by atoms with Crippen LogP contribution in [0.4, 0.5) is 0 Å². The molecule has 0 radical (unpaired) electrons. The zero-order valence-electron chi connectivity index (χ0n) is 11.5.